The number of anilines is 1. The minimum Gasteiger partial charge on any atom is -0.389 e. The van der Waals surface area contributed by atoms with Gasteiger partial charge in [0.05, 0.1) is 18.8 Å². The zero-order chi connectivity index (χ0) is 15.1. The van der Waals surface area contributed by atoms with Crippen LogP contribution in [-0.4, -0.2) is 30.5 Å². The van der Waals surface area contributed by atoms with Crippen LogP contribution in [-0.2, 0) is 11.2 Å². The molecule has 0 saturated heterocycles. The number of benzene rings is 1. The maximum absolute atomic E-state index is 10.1. The third-order valence-electron chi connectivity index (χ3n) is 4.41. The Labute approximate surface area is 128 Å². The smallest absolute Gasteiger partial charge is 0.0945 e. The van der Waals surface area contributed by atoms with Crippen molar-refractivity contribution in [2.24, 2.45) is 5.92 Å². The van der Waals surface area contributed by atoms with E-state index >= 15 is 0 Å². The summed E-state index contributed by atoms with van der Waals surface area (Å²) >= 11 is 0. The molecule has 1 saturated carbocycles. The highest BCUT2D eigenvalue weighted by atomic mass is 16.5. The summed E-state index contributed by atoms with van der Waals surface area (Å²) in [6.45, 7) is 5.42. The minimum atomic E-state index is -0.450. The van der Waals surface area contributed by atoms with Crippen LogP contribution in [0.2, 0.25) is 0 Å². The lowest BCUT2D eigenvalue weighted by molar-refractivity contribution is -0.0245. The molecule has 2 rings (SSSR count). The molecule has 1 aromatic carbocycles. The third kappa shape index (κ3) is 5.33. The van der Waals surface area contributed by atoms with Crippen molar-refractivity contribution in [2.45, 2.75) is 58.2 Å². The van der Waals surface area contributed by atoms with Crippen LogP contribution in [0, 0.1) is 5.92 Å². The lowest BCUT2D eigenvalue weighted by atomic mass is 9.89. The highest BCUT2D eigenvalue weighted by molar-refractivity contribution is 5.51. The van der Waals surface area contributed by atoms with Crippen LogP contribution in [0.1, 0.15) is 45.1 Å². The van der Waals surface area contributed by atoms with E-state index in [0.29, 0.717) is 19.3 Å². The van der Waals surface area contributed by atoms with Crippen LogP contribution in [0.25, 0.3) is 0 Å². The number of rotatable bonds is 7. The molecule has 21 heavy (non-hydrogen) atoms. The fourth-order valence-corrected chi connectivity index (χ4v) is 2.93. The van der Waals surface area contributed by atoms with Crippen LogP contribution < -0.4 is 5.32 Å². The molecule has 0 radical (unpaired) electrons. The van der Waals surface area contributed by atoms with Gasteiger partial charge in [0.15, 0.2) is 0 Å². The Hall–Kier alpha value is -1.06. The number of hydrogen-bond acceptors (Lipinski definition) is 3. The van der Waals surface area contributed by atoms with Crippen LogP contribution in [0.4, 0.5) is 5.69 Å². The Kier molecular flexibility index (Phi) is 6.52. The number of aliphatic hydroxyl groups excluding tert-OH is 1. The zero-order valence-corrected chi connectivity index (χ0v) is 13.3. The van der Waals surface area contributed by atoms with Gasteiger partial charge in [-0.25, -0.2) is 0 Å². The number of ether oxygens (including phenoxy) is 1. The summed E-state index contributed by atoms with van der Waals surface area (Å²) in [6, 6.07) is 8.25. The van der Waals surface area contributed by atoms with Gasteiger partial charge in [-0.2, -0.15) is 0 Å². The second-order valence-electron chi connectivity index (χ2n) is 6.26. The second kappa shape index (κ2) is 8.40. The Morgan fingerprint density at radius 1 is 1.24 bits per heavy atom. The first-order chi connectivity index (χ1) is 10.2. The molecule has 3 heteroatoms. The Bertz CT molecular complexity index is 413. The molecule has 1 aliphatic rings. The fourth-order valence-electron chi connectivity index (χ4n) is 2.93. The molecule has 0 amide bonds. The molecule has 0 heterocycles. The molecule has 0 bridgehead atoms. The predicted molar refractivity (Wildman–Crippen MR) is 87.7 cm³/mol. The topological polar surface area (TPSA) is 41.5 Å². The normalized spacial score (nSPS) is 23.8. The van der Waals surface area contributed by atoms with Crippen molar-refractivity contribution in [1.82, 2.24) is 0 Å². The third-order valence-corrected chi connectivity index (χ3v) is 4.41. The number of aliphatic hydroxyl groups is 1. The predicted octanol–water partition coefficient (Wildman–Crippen LogP) is 3.62. The van der Waals surface area contributed by atoms with E-state index in [1.54, 1.807) is 0 Å². The number of nitrogens with one attached hydrogen (secondary N) is 1. The zero-order valence-electron chi connectivity index (χ0n) is 13.3. The summed E-state index contributed by atoms with van der Waals surface area (Å²) in [5.74, 6) is 0.835. The van der Waals surface area contributed by atoms with Crippen molar-refractivity contribution in [3.05, 3.63) is 29.8 Å². The molecule has 0 spiro atoms. The molecular weight excluding hydrogens is 262 g/mol. The van der Waals surface area contributed by atoms with Crippen molar-refractivity contribution < 1.29 is 9.84 Å². The van der Waals surface area contributed by atoms with Gasteiger partial charge in [0, 0.05) is 12.2 Å². The van der Waals surface area contributed by atoms with E-state index < -0.39 is 6.10 Å². The van der Waals surface area contributed by atoms with E-state index in [1.165, 1.54) is 18.4 Å². The van der Waals surface area contributed by atoms with Crippen LogP contribution >= 0.6 is 0 Å². The lowest BCUT2D eigenvalue weighted by Gasteiger charge is -2.27. The standard InChI is InChI=1S/C18H29NO2/c1-3-15-6-4-5-7-18(15)19-12-16(20)13-21-17-10-8-14(2)9-11-17/h4-7,14,16-17,19-20H,3,8-13H2,1-2H3. The summed E-state index contributed by atoms with van der Waals surface area (Å²) in [4.78, 5) is 0. The van der Waals surface area contributed by atoms with Gasteiger partial charge in [0.25, 0.3) is 0 Å². The summed E-state index contributed by atoms with van der Waals surface area (Å²) in [6.07, 6.45) is 5.68. The van der Waals surface area contributed by atoms with Gasteiger partial charge < -0.3 is 15.2 Å². The average molecular weight is 291 g/mol. The molecule has 2 N–H and O–H groups in total. The number of para-hydroxylation sites is 1. The maximum Gasteiger partial charge on any atom is 0.0945 e. The van der Waals surface area contributed by atoms with E-state index in [9.17, 15) is 5.11 Å². The van der Waals surface area contributed by atoms with Crippen LogP contribution in [0.5, 0.6) is 0 Å². The summed E-state index contributed by atoms with van der Waals surface area (Å²) in [5.41, 5.74) is 2.40. The lowest BCUT2D eigenvalue weighted by Crippen LogP contribution is -2.29. The van der Waals surface area contributed by atoms with E-state index in [2.05, 4.69) is 31.3 Å². The number of hydrogen-bond donors (Lipinski definition) is 2. The van der Waals surface area contributed by atoms with Crippen molar-refractivity contribution in [3.63, 3.8) is 0 Å². The molecule has 0 aliphatic heterocycles. The first-order valence-corrected chi connectivity index (χ1v) is 8.30. The van der Waals surface area contributed by atoms with E-state index in [1.807, 2.05) is 12.1 Å². The highest BCUT2D eigenvalue weighted by Crippen LogP contribution is 2.25. The largest absolute Gasteiger partial charge is 0.389 e. The molecule has 0 aromatic heterocycles. The first kappa shape index (κ1) is 16.3. The van der Waals surface area contributed by atoms with Gasteiger partial charge in [0.1, 0.15) is 0 Å². The van der Waals surface area contributed by atoms with Crippen molar-refractivity contribution >= 4 is 5.69 Å². The first-order valence-electron chi connectivity index (χ1n) is 8.30. The summed E-state index contributed by atoms with van der Waals surface area (Å²) in [7, 11) is 0. The van der Waals surface area contributed by atoms with Crippen molar-refractivity contribution in [3.8, 4) is 0 Å². The molecular formula is C18H29NO2. The van der Waals surface area contributed by atoms with Gasteiger partial charge >= 0.3 is 0 Å². The molecule has 118 valence electrons. The van der Waals surface area contributed by atoms with Gasteiger partial charge in [0.2, 0.25) is 0 Å². The maximum atomic E-state index is 10.1. The average Bonchev–Trinajstić information content (AvgIpc) is 2.52. The molecule has 3 nitrogen and oxygen atoms in total. The van der Waals surface area contributed by atoms with Gasteiger partial charge in [-0.3, -0.25) is 0 Å². The fraction of sp³-hybridized carbons (Fsp3) is 0.667. The van der Waals surface area contributed by atoms with Gasteiger partial charge in [-0.05, 0) is 49.7 Å². The molecule has 1 unspecified atom stereocenters. The Balaban J connectivity index is 1.68. The summed E-state index contributed by atoms with van der Waals surface area (Å²) < 4.78 is 5.85. The van der Waals surface area contributed by atoms with Gasteiger partial charge in [-0.15, -0.1) is 0 Å². The molecule has 1 atom stereocenters. The molecule has 1 aromatic rings. The quantitative estimate of drug-likeness (QED) is 0.806. The van der Waals surface area contributed by atoms with Crippen LogP contribution in [0.15, 0.2) is 24.3 Å². The van der Waals surface area contributed by atoms with E-state index in [-0.39, 0.29) is 0 Å². The van der Waals surface area contributed by atoms with Crippen molar-refractivity contribution in [2.75, 3.05) is 18.5 Å². The van der Waals surface area contributed by atoms with Crippen LogP contribution in [0.3, 0.4) is 0 Å². The molecule has 1 fully saturated rings. The second-order valence-corrected chi connectivity index (χ2v) is 6.26. The monoisotopic (exact) mass is 291 g/mol. The Morgan fingerprint density at radius 3 is 2.67 bits per heavy atom. The van der Waals surface area contributed by atoms with Gasteiger partial charge in [-0.1, -0.05) is 32.0 Å². The van der Waals surface area contributed by atoms with Crippen molar-refractivity contribution in [1.29, 1.82) is 0 Å². The van der Waals surface area contributed by atoms with E-state index in [0.717, 1.165) is 30.9 Å². The molecule has 1 aliphatic carbocycles. The summed E-state index contributed by atoms with van der Waals surface area (Å²) in [5, 5.41) is 13.4. The highest BCUT2D eigenvalue weighted by Gasteiger charge is 2.19. The Morgan fingerprint density at radius 2 is 1.95 bits per heavy atom. The minimum absolute atomic E-state index is 0.346. The SMILES string of the molecule is CCc1ccccc1NCC(O)COC1CCC(C)CC1. The van der Waals surface area contributed by atoms with E-state index in [4.69, 9.17) is 4.74 Å². The number of aryl methyl sites for hydroxylation is 1.